The van der Waals surface area contributed by atoms with Crippen LogP contribution in [0.4, 0.5) is 0 Å². The molecule has 1 aliphatic carbocycles. The van der Waals surface area contributed by atoms with Crippen LogP contribution < -0.4 is 0 Å². The van der Waals surface area contributed by atoms with Gasteiger partial charge in [0.25, 0.3) is 0 Å². The Bertz CT molecular complexity index is 744. The smallest absolute Gasteiger partial charge is 0.168 e. The maximum Gasteiger partial charge on any atom is 0.168 e. The number of allylic oxidation sites excluding steroid dienone is 2. The molecule has 106 valence electrons. The van der Waals surface area contributed by atoms with E-state index in [9.17, 15) is 4.79 Å². The van der Waals surface area contributed by atoms with Crippen molar-refractivity contribution in [3.63, 3.8) is 0 Å². The van der Waals surface area contributed by atoms with Gasteiger partial charge in [-0.05, 0) is 60.7 Å². The second-order valence-corrected chi connectivity index (χ2v) is 6.17. The van der Waals surface area contributed by atoms with E-state index in [2.05, 4.69) is 32.9 Å². The van der Waals surface area contributed by atoms with Crippen LogP contribution in [-0.4, -0.2) is 5.78 Å². The SMILES string of the molecule is Cc1cc(C)c(C2=C(c3ccc(Cl)cc3)C(=O)C2)c(C)c1. The number of halogens is 1. The second-order valence-electron chi connectivity index (χ2n) is 5.73. The average Bonchev–Trinajstić information content (AvgIpc) is 2.39. The highest BCUT2D eigenvalue weighted by molar-refractivity contribution is 6.39. The van der Waals surface area contributed by atoms with E-state index in [0.717, 1.165) is 16.7 Å². The lowest BCUT2D eigenvalue weighted by molar-refractivity contribution is -0.113. The summed E-state index contributed by atoms with van der Waals surface area (Å²) in [6.45, 7) is 6.33. The molecular formula is C19H17ClO. The lowest BCUT2D eigenvalue weighted by Crippen LogP contribution is -2.17. The van der Waals surface area contributed by atoms with Crippen LogP contribution in [0.3, 0.4) is 0 Å². The van der Waals surface area contributed by atoms with Crippen molar-refractivity contribution in [1.82, 2.24) is 0 Å². The number of hydrogen-bond donors (Lipinski definition) is 0. The Kier molecular flexibility index (Phi) is 3.46. The van der Waals surface area contributed by atoms with Crippen molar-refractivity contribution in [2.45, 2.75) is 27.2 Å². The van der Waals surface area contributed by atoms with Gasteiger partial charge in [0, 0.05) is 17.0 Å². The first-order valence-corrected chi connectivity index (χ1v) is 7.45. The summed E-state index contributed by atoms with van der Waals surface area (Å²) in [7, 11) is 0. The minimum Gasteiger partial charge on any atom is -0.294 e. The number of ketones is 1. The lowest BCUT2D eigenvalue weighted by Gasteiger charge is -2.26. The van der Waals surface area contributed by atoms with Crippen LogP contribution in [0.5, 0.6) is 0 Å². The monoisotopic (exact) mass is 296 g/mol. The first kappa shape index (κ1) is 14.1. The molecule has 0 amide bonds. The molecule has 2 heteroatoms. The predicted octanol–water partition coefficient (Wildman–Crippen LogP) is 5.15. The summed E-state index contributed by atoms with van der Waals surface area (Å²) in [5.74, 6) is 0.215. The number of rotatable bonds is 2. The minimum atomic E-state index is 0.215. The Morgan fingerprint density at radius 3 is 2.05 bits per heavy atom. The van der Waals surface area contributed by atoms with Crippen molar-refractivity contribution < 1.29 is 4.79 Å². The van der Waals surface area contributed by atoms with Crippen molar-refractivity contribution in [2.24, 2.45) is 0 Å². The van der Waals surface area contributed by atoms with Gasteiger partial charge in [0.05, 0.1) is 0 Å². The highest BCUT2D eigenvalue weighted by Gasteiger charge is 2.30. The molecule has 0 bridgehead atoms. The summed E-state index contributed by atoms with van der Waals surface area (Å²) < 4.78 is 0. The van der Waals surface area contributed by atoms with Crippen LogP contribution in [-0.2, 0) is 4.79 Å². The molecule has 1 aliphatic rings. The van der Waals surface area contributed by atoms with Gasteiger partial charge in [-0.3, -0.25) is 4.79 Å². The molecule has 0 N–H and O–H groups in total. The molecule has 0 unspecified atom stereocenters. The molecule has 0 atom stereocenters. The molecule has 2 aromatic carbocycles. The van der Waals surface area contributed by atoms with Crippen LogP contribution >= 0.6 is 11.6 Å². The number of hydrogen-bond acceptors (Lipinski definition) is 1. The van der Waals surface area contributed by atoms with Crippen molar-refractivity contribution in [1.29, 1.82) is 0 Å². The van der Waals surface area contributed by atoms with Crippen LogP contribution in [0.2, 0.25) is 5.02 Å². The van der Waals surface area contributed by atoms with Gasteiger partial charge in [0.15, 0.2) is 5.78 Å². The maximum atomic E-state index is 12.1. The van der Waals surface area contributed by atoms with Crippen LogP contribution in [0.15, 0.2) is 36.4 Å². The fourth-order valence-corrected chi connectivity index (χ4v) is 3.35. The van der Waals surface area contributed by atoms with E-state index < -0.39 is 0 Å². The zero-order valence-corrected chi connectivity index (χ0v) is 13.2. The number of benzene rings is 2. The Hall–Kier alpha value is -1.86. The van der Waals surface area contributed by atoms with Crippen molar-refractivity contribution in [3.05, 3.63) is 69.2 Å². The molecule has 0 spiro atoms. The van der Waals surface area contributed by atoms with Crippen molar-refractivity contribution >= 4 is 28.5 Å². The molecule has 0 saturated heterocycles. The number of carbonyl (C=O) groups is 1. The normalized spacial score (nSPS) is 14.4. The van der Waals surface area contributed by atoms with Gasteiger partial charge in [-0.25, -0.2) is 0 Å². The number of carbonyl (C=O) groups excluding carboxylic acids is 1. The highest BCUT2D eigenvalue weighted by Crippen LogP contribution is 2.42. The molecule has 21 heavy (non-hydrogen) atoms. The number of Topliss-reactive ketones (excluding diaryl/α,β-unsaturated/α-hetero) is 1. The quantitative estimate of drug-likeness (QED) is 0.749. The third-order valence-corrected chi connectivity index (χ3v) is 4.28. The second kappa shape index (κ2) is 5.16. The Morgan fingerprint density at radius 2 is 1.52 bits per heavy atom. The van der Waals surface area contributed by atoms with E-state index in [1.165, 1.54) is 22.3 Å². The third-order valence-electron chi connectivity index (χ3n) is 4.03. The van der Waals surface area contributed by atoms with Crippen LogP contribution in [0.1, 0.15) is 34.2 Å². The van der Waals surface area contributed by atoms with E-state index >= 15 is 0 Å². The summed E-state index contributed by atoms with van der Waals surface area (Å²) in [5, 5.41) is 0.690. The summed E-state index contributed by atoms with van der Waals surface area (Å²) in [5.41, 5.74) is 7.94. The fourth-order valence-electron chi connectivity index (χ4n) is 3.22. The molecule has 1 nitrogen and oxygen atoms in total. The van der Waals surface area contributed by atoms with E-state index in [1.807, 2.05) is 24.3 Å². The molecule has 0 radical (unpaired) electrons. The first-order chi connectivity index (χ1) is 9.97. The summed E-state index contributed by atoms with van der Waals surface area (Å²) in [6, 6.07) is 11.9. The van der Waals surface area contributed by atoms with Crippen molar-refractivity contribution in [2.75, 3.05) is 0 Å². The van der Waals surface area contributed by atoms with E-state index in [-0.39, 0.29) is 5.78 Å². The highest BCUT2D eigenvalue weighted by atomic mass is 35.5. The maximum absolute atomic E-state index is 12.1. The molecular weight excluding hydrogens is 280 g/mol. The van der Waals surface area contributed by atoms with Crippen molar-refractivity contribution in [3.8, 4) is 0 Å². The Labute approximate surface area is 130 Å². The molecule has 0 heterocycles. The lowest BCUT2D eigenvalue weighted by atomic mass is 9.76. The van der Waals surface area contributed by atoms with E-state index in [4.69, 9.17) is 11.6 Å². The van der Waals surface area contributed by atoms with Gasteiger partial charge < -0.3 is 0 Å². The van der Waals surface area contributed by atoms with Gasteiger partial charge in [0.1, 0.15) is 0 Å². The first-order valence-electron chi connectivity index (χ1n) is 7.08. The summed E-state index contributed by atoms with van der Waals surface area (Å²) in [4.78, 5) is 12.1. The Balaban J connectivity index is 2.18. The summed E-state index contributed by atoms with van der Waals surface area (Å²) >= 11 is 5.93. The van der Waals surface area contributed by atoms with E-state index in [1.54, 1.807) is 0 Å². The van der Waals surface area contributed by atoms with Gasteiger partial charge in [0.2, 0.25) is 0 Å². The molecule has 2 aromatic rings. The van der Waals surface area contributed by atoms with E-state index in [0.29, 0.717) is 11.4 Å². The van der Waals surface area contributed by atoms with Crippen LogP contribution in [0.25, 0.3) is 11.1 Å². The zero-order chi connectivity index (χ0) is 15.1. The van der Waals surface area contributed by atoms with Gasteiger partial charge in [-0.1, -0.05) is 41.4 Å². The van der Waals surface area contributed by atoms with Gasteiger partial charge >= 0.3 is 0 Å². The zero-order valence-electron chi connectivity index (χ0n) is 12.5. The molecule has 0 fully saturated rings. The fraction of sp³-hybridized carbons (Fsp3) is 0.211. The summed E-state index contributed by atoms with van der Waals surface area (Å²) in [6.07, 6.45) is 0.530. The number of aryl methyl sites for hydroxylation is 3. The van der Waals surface area contributed by atoms with Crippen LogP contribution in [0, 0.1) is 20.8 Å². The third kappa shape index (κ3) is 2.43. The molecule has 0 aliphatic heterocycles. The largest absolute Gasteiger partial charge is 0.294 e. The average molecular weight is 297 g/mol. The molecule has 0 saturated carbocycles. The Morgan fingerprint density at radius 1 is 0.952 bits per heavy atom. The molecule has 0 aromatic heterocycles. The molecule has 3 rings (SSSR count). The minimum absolute atomic E-state index is 0.215. The topological polar surface area (TPSA) is 17.1 Å². The predicted molar refractivity (Wildman–Crippen MR) is 88.5 cm³/mol. The standard InChI is InChI=1S/C19H17ClO/c1-11-8-12(2)18(13(3)9-11)16-10-17(21)19(16)14-4-6-15(20)7-5-14/h4-9H,10H2,1-3H3. The van der Waals surface area contributed by atoms with Gasteiger partial charge in [-0.15, -0.1) is 0 Å². The van der Waals surface area contributed by atoms with Gasteiger partial charge in [-0.2, -0.15) is 0 Å².